The van der Waals surface area contributed by atoms with Crippen LogP contribution in [0, 0.1) is 0 Å². The fourth-order valence-electron chi connectivity index (χ4n) is 1.96. The van der Waals surface area contributed by atoms with Gasteiger partial charge >= 0.3 is 0 Å². The van der Waals surface area contributed by atoms with E-state index in [1.807, 2.05) is 0 Å². The highest BCUT2D eigenvalue weighted by atomic mass is 79.9. The van der Waals surface area contributed by atoms with Crippen molar-refractivity contribution in [2.24, 2.45) is 0 Å². The lowest BCUT2D eigenvalue weighted by atomic mass is 10.1. The summed E-state index contributed by atoms with van der Waals surface area (Å²) in [6, 6.07) is 2.73. The molecule has 2 rings (SSSR count). The third kappa shape index (κ3) is 1.97. The van der Waals surface area contributed by atoms with E-state index in [1.54, 1.807) is 0 Å². The van der Waals surface area contributed by atoms with Crippen molar-refractivity contribution in [2.45, 2.75) is 25.8 Å². The maximum atomic E-state index is 3.43. The van der Waals surface area contributed by atoms with Crippen LogP contribution in [0.15, 0.2) is 16.9 Å². The predicted octanol–water partition coefficient (Wildman–Crippen LogP) is 2.93. The fourth-order valence-corrected chi connectivity index (χ4v) is 2.34. The third-order valence-corrected chi connectivity index (χ3v) is 3.30. The second-order valence-corrected chi connectivity index (χ2v) is 4.55. The third-order valence-electron chi connectivity index (χ3n) is 2.84. The molecule has 0 bridgehead atoms. The number of rotatable bonds is 2. The van der Waals surface area contributed by atoms with Crippen molar-refractivity contribution < 1.29 is 0 Å². The highest BCUT2D eigenvalue weighted by Crippen LogP contribution is 2.25. The maximum absolute atomic E-state index is 3.43. The van der Waals surface area contributed by atoms with Crippen molar-refractivity contribution in [3.05, 3.63) is 22.4 Å². The van der Waals surface area contributed by atoms with Crippen LogP contribution in [0.25, 0.3) is 0 Å². The van der Waals surface area contributed by atoms with Crippen LogP contribution in [0.3, 0.4) is 0 Å². The molecule has 1 aromatic heterocycles. The van der Waals surface area contributed by atoms with E-state index in [1.165, 1.54) is 31.5 Å². The molecule has 13 heavy (non-hydrogen) atoms. The Labute approximate surface area is 87.5 Å². The van der Waals surface area contributed by atoms with Gasteiger partial charge < -0.3 is 4.98 Å². The van der Waals surface area contributed by atoms with Gasteiger partial charge in [0.05, 0.1) is 4.60 Å². The molecule has 1 atom stereocenters. The number of hydrogen-bond donors (Lipinski definition) is 1. The standard InChI is InChI=1S/C10H15BrN2/c1-8(13-4-2-3-5-13)9-6-10(11)12-7-9/h6-8,12H,2-5H2,1H3. The molecule has 1 aromatic rings. The van der Waals surface area contributed by atoms with Crippen molar-refractivity contribution in [1.29, 1.82) is 0 Å². The van der Waals surface area contributed by atoms with E-state index in [2.05, 4.69) is 45.0 Å². The van der Waals surface area contributed by atoms with Crippen LogP contribution in [-0.2, 0) is 0 Å². The van der Waals surface area contributed by atoms with Gasteiger partial charge in [0, 0.05) is 12.2 Å². The summed E-state index contributed by atoms with van der Waals surface area (Å²) in [4.78, 5) is 5.70. The SMILES string of the molecule is CC(c1c[nH]c(Br)c1)N1CCCC1. The summed E-state index contributed by atoms with van der Waals surface area (Å²) in [6.07, 6.45) is 4.80. The van der Waals surface area contributed by atoms with E-state index >= 15 is 0 Å². The highest BCUT2D eigenvalue weighted by Gasteiger charge is 2.19. The zero-order valence-electron chi connectivity index (χ0n) is 7.89. The average Bonchev–Trinajstić information content (AvgIpc) is 2.72. The lowest BCUT2D eigenvalue weighted by Gasteiger charge is -2.22. The number of hydrogen-bond acceptors (Lipinski definition) is 1. The van der Waals surface area contributed by atoms with E-state index in [4.69, 9.17) is 0 Å². The summed E-state index contributed by atoms with van der Waals surface area (Å²) in [5.74, 6) is 0. The number of nitrogens with one attached hydrogen (secondary N) is 1. The zero-order chi connectivity index (χ0) is 9.26. The Morgan fingerprint density at radius 2 is 2.15 bits per heavy atom. The van der Waals surface area contributed by atoms with E-state index < -0.39 is 0 Å². The molecule has 72 valence electrons. The van der Waals surface area contributed by atoms with E-state index in [0.717, 1.165) is 4.60 Å². The molecule has 2 nitrogen and oxygen atoms in total. The maximum Gasteiger partial charge on any atom is 0.0823 e. The molecule has 0 aromatic carbocycles. The molecule has 1 N–H and O–H groups in total. The summed E-state index contributed by atoms with van der Waals surface area (Å²) < 4.78 is 1.08. The molecular formula is C10H15BrN2. The van der Waals surface area contributed by atoms with Crippen LogP contribution in [0.2, 0.25) is 0 Å². The normalized spacial score (nSPS) is 20.8. The monoisotopic (exact) mass is 242 g/mol. The number of nitrogens with zero attached hydrogens (tertiary/aromatic N) is 1. The Balaban J connectivity index is 2.07. The minimum Gasteiger partial charge on any atom is -0.356 e. The van der Waals surface area contributed by atoms with Gasteiger partial charge in [0.25, 0.3) is 0 Å². The molecule has 0 radical (unpaired) electrons. The van der Waals surface area contributed by atoms with Gasteiger partial charge in [-0.2, -0.15) is 0 Å². The van der Waals surface area contributed by atoms with Crippen molar-refractivity contribution in [3.63, 3.8) is 0 Å². The first-order valence-corrected chi connectivity index (χ1v) is 5.64. The smallest absolute Gasteiger partial charge is 0.0823 e. The molecule has 0 aliphatic carbocycles. The molecule has 1 unspecified atom stereocenters. The molecule has 1 aliphatic heterocycles. The Morgan fingerprint density at radius 1 is 1.46 bits per heavy atom. The van der Waals surface area contributed by atoms with Gasteiger partial charge in [-0.15, -0.1) is 0 Å². The number of aromatic nitrogens is 1. The summed E-state index contributed by atoms with van der Waals surface area (Å²) in [7, 11) is 0. The molecule has 0 saturated carbocycles. The lowest BCUT2D eigenvalue weighted by Crippen LogP contribution is -2.22. The van der Waals surface area contributed by atoms with Crippen molar-refractivity contribution in [3.8, 4) is 0 Å². The number of aromatic amines is 1. The van der Waals surface area contributed by atoms with Gasteiger partial charge in [-0.3, -0.25) is 4.90 Å². The van der Waals surface area contributed by atoms with Gasteiger partial charge in [0.15, 0.2) is 0 Å². The zero-order valence-corrected chi connectivity index (χ0v) is 9.47. The van der Waals surface area contributed by atoms with Gasteiger partial charge in [-0.05, 0) is 60.4 Å². The van der Waals surface area contributed by atoms with Crippen LogP contribution < -0.4 is 0 Å². The second kappa shape index (κ2) is 3.84. The molecular weight excluding hydrogens is 228 g/mol. The van der Waals surface area contributed by atoms with Gasteiger partial charge in [-0.25, -0.2) is 0 Å². The number of halogens is 1. The van der Waals surface area contributed by atoms with Gasteiger partial charge in [0.2, 0.25) is 0 Å². The Kier molecular flexibility index (Phi) is 2.74. The minimum absolute atomic E-state index is 0.560. The molecule has 0 amide bonds. The lowest BCUT2D eigenvalue weighted by molar-refractivity contribution is 0.263. The molecule has 1 aliphatic rings. The summed E-state index contributed by atoms with van der Waals surface area (Å²) in [5, 5.41) is 0. The van der Waals surface area contributed by atoms with Crippen LogP contribution in [0.5, 0.6) is 0 Å². The van der Waals surface area contributed by atoms with Crippen molar-refractivity contribution in [1.82, 2.24) is 9.88 Å². The first-order valence-electron chi connectivity index (χ1n) is 4.85. The van der Waals surface area contributed by atoms with Gasteiger partial charge in [-0.1, -0.05) is 0 Å². The van der Waals surface area contributed by atoms with Crippen LogP contribution >= 0.6 is 15.9 Å². The largest absolute Gasteiger partial charge is 0.356 e. The van der Waals surface area contributed by atoms with E-state index in [0.29, 0.717) is 6.04 Å². The van der Waals surface area contributed by atoms with E-state index in [9.17, 15) is 0 Å². The Bertz CT molecular complexity index is 276. The Morgan fingerprint density at radius 3 is 2.69 bits per heavy atom. The number of likely N-dealkylation sites (tertiary alicyclic amines) is 1. The van der Waals surface area contributed by atoms with Crippen molar-refractivity contribution >= 4 is 15.9 Å². The van der Waals surface area contributed by atoms with Crippen molar-refractivity contribution in [2.75, 3.05) is 13.1 Å². The average molecular weight is 243 g/mol. The molecule has 2 heterocycles. The predicted molar refractivity (Wildman–Crippen MR) is 57.7 cm³/mol. The Hall–Kier alpha value is -0.280. The highest BCUT2D eigenvalue weighted by molar-refractivity contribution is 9.10. The fraction of sp³-hybridized carbons (Fsp3) is 0.600. The molecule has 1 saturated heterocycles. The summed E-state index contributed by atoms with van der Waals surface area (Å²) in [6.45, 7) is 4.79. The summed E-state index contributed by atoms with van der Waals surface area (Å²) in [5.41, 5.74) is 1.38. The molecule has 1 fully saturated rings. The second-order valence-electron chi connectivity index (χ2n) is 3.70. The topological polar surface area (TPSA) is 19.0 Å². The first-order chi connectivity index (χ1) is 6.27. The minimum atomic E-state index is 0.560. The molecule has 3 heteroatoms. The molecule has 0 spiro atoms. The van der Waals surface area contributed by atoms with Crippen LogP contribution in [-0.4, -0.2) is 23.0 Å². The van der Waals surface area contributed by atoms with E-state index in [-0.39, 0.29) is 0 Å². The summed E-state index contributed by atoms with van der Waals surface area (Å²) >= 11 is 3.43. The van der Waals surface area contributed by atoms with Gasteiger partial charge in [0.1, 0.15) is 0 Å². The van der Waals surface area contributed by atoms with Crippen LogP contribution in [0.4, 0.5) is 0 Å². The first kappa shape index (κ1) is 9.28. The van der Waals surface area contributed by atoms with Crippen LogP contribution in [0.1, 0.15) is 31.4 Å². The number of H-pyrrole nitrogens is 1. The quantitative estimate of drug-likeness (QED) is 0.846.